The summed E-state index contributed by atoms with van der Waals surface area (Å²) in [5, 5.41) is 0. The van der Waals surface area contributed by atoms with Gasteiger partial charge in [0.1, 0.15) is 0 Å². The molecular formula is C10H14ClN3S. The molecule has 5 heteroatoms. The van der Waals surface area contributed by atoms with Gasteiger partial charge in [0, 0.05) is 36.8 Å². The Bertz CT molecular complexity index is 311. The third-order valence-corrected chi connectivity index (χ3v) is 4.07. The Morgan fingerprint density at radius 3 is 2.80 bits per heavy atom. The Balaban J connectivity index is 2.07. The second-order valence-electron chi connectivity index (χ2n) is 3.65. The fourth-order valence-electron chi connectivity index (χ4n) is 1.59. The van der Waals surface area contributed by atoms with Gasteiger partial charge in [-0.1, -0.05) is 0 Å². The van der Waals surface area contributed by atoms with E-state index >= 15 is 0 Å². The van der Waals surface area contributed by atoms with Crippen LogP contribution in [-0.4, -0.2) is 34.6 Å². The highest BCUT2D eigenvalue weighted by Crippen LogP contribution is 2.23. The highest BCUT2D eigenvalue weighted by atomic mass is 35.5. The molecule has 2 heterocycles. The van der Waals surface area contributed by atoms with Crippen LogP contribution < -0.4 is 4.90 Å². The molecule has 0 aliphatic carbocycles. The van der Waals surface area contributed by atoms with E-state index in [4.69, 9.17) is 11.6 Å². The van der Waals surface area contributed by atoms with Gasteiger partial charge in [-0.25, -0.2) is 9.97 Å². The van der Waals surface area contributed by atoms with Crippen molar-refractivity contribution in [3.63, 3.8) is 0 Å². The van der Waals surface area contributed by atoms with Crippen molar-refractivity contribution in [1.82, 2.24) is 9.97 Å². The van der Waals surface area contributed by atoms with Crippen LogP contribution in [0.1, 0.15) is 12.0 Å². The van der Waals surface area contributed by atoms with Gasteiger partial charge in [-0.15, -0.1) is 11.6 Å². The molecule has 1 aromatic heterocycles. The van der Waals surface area contributed by atoms with Crippen LogP contribution in [0.3, 0.4) is 0 Å². The molecule has 0 saturated carbocycles. The van der Waals surface area contributed by atoms with Gasteiger partial charge in [-0.3, -0.25) is 0 Å². The van der Waals surface area contributed by atoms with Gasteiger partial charge in [0.05, 0.1) is 5.88 Å². The summed E-state index contributed by atoms with van der Waals surface area (Å²) in [4.78, 5) is 10.8. The smallest absolute Gasteiger partial charge is 0.225 e. The molecule has 2 rings (SSSR count). The van der Waals surface area contributed by atoms with Gasteiger partial charge in [0.2, 0.25) is 5.95 Å². The first-order valence-corrected chi connectivity index (χ1v) is 6.67. The molecule has 1 fully saturated rings. The van der Waals surface area contributed by atoms with E-state index in [-0.39, 0.29) is 0 Å². The van der Waals surface area contributed by atoms with Crippen LogP contribution in [0.25, 0.3) is 0 Å². The highest BCUT2D eigenvalue weighted by molar-refractivity contribution is 7.99. The van der Waals surface area contributed by atoms with Crippen molar-refractivity contribution in [2.45, 2.75) is 18.3 Å². The normalized spacial score (nSPS) is 20.5. The lowest BCUT2D eigenvalue weighted by Gasteiger charge is -2.23. The Hall–Kier alpha value is -0.480. The summed E-state index contributed by atoms with van der Waals surface area (Å²) in [6.45, 7) is 0. The van der Waals surface area contributed by atoms with Crippen molar-refractivity contribution in [3.8, 4) is 0 Å². The molecule has 1 aromatic rings. The quantitative estimate of drug-likeness (QED) is 0.761. The zero-order chi connectivity index (χ0) is 10.7. The van der Waals surface area contributed by atoms with Crippen LogP contribution in [0.4, 0.5) is 5.95 Å². The van der Waals surface area contributed by atoms with Crippen molar-refractivity contribution in [3.05, 3.63) is 18.0 Å². The summed E-state index contributed by atoms with van der Waals surface area (Å²) in [6.07, 6.45) is 4.82. The van der Waals surface area contributed by atoms with E-state index in [0.717, 1.165) is 11.5 Å². The van der Waals surface area contributed by atoms with Crippen LogP contribution in [0.5, 0.6) is 0 Å². The molecule has 1 aliphatic heterocycles. The Morgan fingerprint density at radius 1 is 1.53 bits per heavy atom. The van der Waals surface area contributed by atoms with E-state index in [1.165, 1.54) is 17.9 Å². The largest absolute Gasteiger partial charge is 0.340 e. The molecule has 1 atom stereocenters. The van der Waals surface area contributed by atoms with E-state index in [1.807, 2.05) is 11.8 Å². The summed E-state index contributed by atoms with van der Waals surface area (Å²) in [5.41, 5.74) is 0.967. The van der Waals surface area contributed by atoms with E-state index < -0.39 is 0 Å². The summed E-state index contributed by atoms with van der Waals surface area (Å²) in [5.74, 6) is 3.70. The van der Waals surface area contributed by atoms with E-state index in [2.05, 4.69) is 21.9 Å². The number of hydrogen-bond acceptors (Lipinski definition) is 4. The average molecular weight is 244 g/mol. The van der Waals surface area contributed by atoms with Crippen molar-refractivity contribution in [2.24, 2.45) is 0 Å². The molecule has 82 valence electrons. The van der Waals surface area contributed by atoms with Crippen molar-refractivity contribution < 1.29 is 0 Å². The first kappa shape index (κ1) is 11.0. The third-order valence-electron chi connectivity index (χ3n) is 2.61. The van der Waals surface area contributed by atoms with Gasteiger partial charge in [-0.2, -0.15) is 11.8 Å². The number of halogens is 1. The molecule has 15 heavy (non-hydrogen) atoms. The number of rotatable bonds is 3. The molecule has 3 nitrogen and oxygen atoms in total. The minimum Gasteiger partial charge on any atom is -0.340 e. The second kappa shape index (κ2) is 5.03. The summed E-state index contributed by atoms with van der Waals surface area (Å²) in [7, 11) is 2.06. The monoisotopic (exact) mass is 243 g/mol. The van der Waals surface area contributed by atoms with Crippen LogP contribution in [-0.2, 0) is 5.88 Å². The lowest BCUT2D eigenvalue weighted by atomic mass is 10.2. The lowest BCUT2D eigenvalue weighted by Crippen LogP contribution is -2.32. The third kappa shape index (κ3) is 2.55. The molecule has 0 amide bonds. The number of hydrogen-bond donors (Lipinski definition) is 0. The van der Waals surface area contributed by atoms with Crippen molar-refractivity contribution >= 4 is 29.3 Å². The fraction of sp³-hybridized carbons (Fsp3) is 0.600. The van der Waals surface area contributed by atoms with E-state index in [9.17, 15) is 0 Å². The summed E-state index contributed by atoms with van der Waals surface area (Å²) < 4.78 is 0. The van der Waals surface area contributed by atoms with Crippen LogP contribution in [0, 0.1) is 0 Å². The van der Waals surface area contributed by atoms with Crippen LogP contribution in [0.15, 0.2) is 12.4 Å². The maximum Gasteiger partial charge on any atom is 0.225 e. The van der Waals surface area contributed by atoms with Gasteiger partial charge in [0.15, 0.2) is 0 Å². The molecule has 0 N–H and O–H groups in total. The van der Waals surface area contributed by atoms with Gasteiger partial charge >= 0.3 is 0 Å². The molecule has 0 aromatic carbocycles. The molecule has 0 spiro atoms. The van der Waals surface area contributed by atoms with Crippen molar-refractivity contribution in [2.75, 3.05) is 23.5 Å². The van der Waals surface area contributed by atoms with Crippen molar-refractivity contribution in [1.29, 1.82) is 0 Å². The van der Waals surface area contributed by atoms with Crippen LogP contribution >= 0.6 is 23.4 Å². The first-order valence-electron chi connectivity index (χ1n) is 4.98. The van der Waals surface area contributed by atoms with E-state index in [0.29, 0.717) is 11.9 Å². The van der Waals surface area contributed by atoms with Gasteiger partial charge in [-0.05, 0) is 12.2 Å². The predicted molar refractivity (Wildman–Crippen MR) is 65.7 cm³/mol. The minimum atomic E-state index is 0.475. The number of nitrogens with zero attached hydrogens (tertiary/aromatic N) is 3. The topological polar surface area (TPSA) is 29.0 Å². The molecule has 0 radical (unpaired) electrons. The molecular weight excluding hydrogens is 230 g/mol. The zero-order valence-corrected chi connectivity index (χ0v) is 10.3. The zero-order valence-electron chi connectivity index (χ0n) is 8.69. The minimum absolute atomic E-state index is 0.475. The first-order chi connectivity index (χ1) is 7.31. The SMILES string of the molecule is CN(c1ncc(CCl)cn1)C1CCSC1. The van der Waals surface area contributed by atoms with Gasteiger partial charge < -0.3 is 4.90 Å². The maximum absolute atomic E-state index is 5.69. The highest BCUT2D eigenvalue weighted by Gasteiger charge is 2.21. The summed E-state index contributed by atoms with van der Waals surface area (Å²) >= 11 is 7.68. The number of alkyl halides is 1. The molecule has 1 unspecified atom stereocenters. The number of thioether (sulfide) groups is 1. The number of anilines is 1. The molecule has 1 aliphatic rings. The Morgan fingerprint density at radius 2 is 2.27 bits per heavy atom. The van der Waals surface area contributed by atoms with Gasteiger partial charge in [0.25, 0.3) is 0 Å². The standard InChI is InChI=1S/C10H14ClN3S/c1-14(9-2-3-15-7-9)10-12-5-8(4-11)6-13-10/h5-6,9H,2-4,7H2,1H3. The Kier molecular flexibility index (Phi) is 3.70. The second-order valence-corrected chi connectivity index (χ2v) is 5.07. The van der Waals surface area contributed by atoms with E-state index in [1.54, 1.807) is 12.4 Å². The average Bonchev–Trinajstić information content (AvgIpc) is 2.82. The van der Waals surface area contributed by atoms with Crippen LogP contribution in [0.2, 0.25) is 0 Å². The number of aromatic nitrogens is 2. The Labute approximate surface area is 99.2 Å². The molecule has 1 saturated heterocycles. The fourth-order valence-corrected chi connectivity index (χ4v) is 3.00. The summed E-state index contributed by atoms with van der Waals surface area (Å²) in [6, 6.07) is 0.580. The maximum atomic E-state index is 5.69. The lowest BCUT2D eigenvalue weighted by molar-refractivity contribution is 0.681. The molecule has 0 bridgehead atoms. The predicted octanol–water partition coefficient (Wildman–Crippen LogP) is 2.16.